The fourth-order valence-electron chi connectivity index (χ4n) is 4.30. The van der Waals surface area contributed by atoms with Gasteiger partial charge in [0.15, 0.2) is 0 Å². The minimum absolute atomic E-state index is 0.0984. The average Bonchev–Trinajstić information content (AvgIpc) is 2.83. The molecule has 0 unspecified atom stereocenters. The van der Waals surface area contributed by atoms with Crippen LogP contribution in [-0.4, -0.2) is 12.4 Å². The maximum absolute atomic E-state index is 15.1. The van der Waals surface area contributed by atoms with E-state index in [1.807, 2.05) is 0 Å². The van der Waals surface area contributed by atoms with Gasteiger partial charge in [-0.05, 0) is 49.2 Å². The van der Waals surface area contributed by atoms with Gasteiger partial charge in [0.1, 0.15) is 23.0 Å². The van der Waals surface area contributed by atoms with Crippen molar-refractivity contribution in [3.63, 3.8) is 0 Å². The van der Waals surface area contributed by atoms with Gasteiger partial charge in [-0.2, -0.15) is 26.3 Å². The smallest absolute Gasteiger partial charge is 0.411 e. The van der Waals surface area contributed by atoms with E-state index in [2.05, 4.69) is 0 Å². The third-order valence-corrected chi connectivity index (χ3v) is 6.01. The number of aryl methyl sites for hydroxylation is 2. The molecule has 0 bridgehead atoms. The summed E-state index contributed by atoms with van der Waals surface area (Å²) >= 11 is 0. The van der Waals surface area contributed by atoms with Crippen LogP contribution in [0.3, 0.4) is 0 Å². The van der Waals surface area contributed by atoms with E-state index in [0.717, 1.165) is 24.3 Å². The molecule has 0 heterocycles. The molecule has 0 saturated heterocycles. The van der Waals surface area contributed by atoms with Gasteiger partial charge in [-0.3, -0.25) is 0 Å². The van der Waals surface area contributed by atoms with E-state index in [1.165, 1.54) is 50.2 Å². The number of halogens is 6. The van der Waals surface area contributed by atoms with Gasteiger partial charge in [0.05, 0.1) is 0 Å². The Bertz CT molecular complexity index is 1260. The highest BCUT2D eigenvalue weighted by Crippen LogP contribution is 2.61. The first-order valence-electron chi connectivity index (χ1n) is 11.3. The number of benzene rings is 4. The van der Waals surface area contributed by atoms with Crippen LogP contribution in [0.4, 0.5) is 26.3 Å². The summed E-state index contributed by atoms with van der Waals surface area (Å²) in [4.78, 5) is 0. The predicted molar refractivity (Wildman–Crippen MR) is 128 cm³/mol. The zero-order valence-electron chi connectivity index (χ0n) is 19.8. The van der Waals surface area contributed by atoms with Gasteiger partial charge in [0, 0.05) is 11.1 Å². The van der Waals surface area contributed by atoms with Crippen LogP contribution in [0.1, 0.15) is 22.3 Å². The Morgan fingerprint density at radius 3 is 1.14 bits per heavy atom. The number of rotatable bonds is 6. The normalized spacial score (nSPS) is 12.3. The van der Waals surface area contributed by atoms with Gasteiger partial charge in [0.2, 0.25) is 5.41 Å². The van der Waals surface area contributed by atoms with Gasteiger partial charge >= 0.3 is 12.4 Å². The van der Waals surface area contributed by atoms with Crippen LogP contribution < -0.4 is 9.47 Å². The van der Waals surface area contributed by atoms with E-state index >= 15 is 26.3 Å². The monoisotopic (exact) mass is 516 g/mol. The Morgan fingerprint density at radius 1 is 0.459 bits per heavy atom. The number of hydrogen-bond donors (Lipinski definition) is 0. The zero-order chi connectivity index (χ0) is 26.8. The van der Waals surface area contributed by atoms with Gasteiger partial charge in [-0.1, -0.05) is 72.8 Å². The van der Waals surface area contributed by atoms with Gasteiger partial charge in [-0.15, -0.1) is 0 Å². The number of hydrogen-bond acceptors (Lipinski definition) is 2. The fraction of sp³-hybridized carbons (Fsp3) is 0.172. The molecule has 0 spiro atoms. The second kappa shape index (κ2) is 9.84. The third kappa shape index (κ3) is 4.75. The molecule has 0 radical (unpaired) electrons. The Morgan fingerprint density at radius 2 is 0.811 bits per heavy atom. The van der Waals surface area contributed by atoms with E-state index in [1.54, 1.807) is 36.4 Å². The van der Waals surface area contributed by atoms with Crippen molar-refractivity contribution in [2.24, 2.45) is 0 Å². The number of para-hydroxylation sites is 4. The maximum Gasteiger partial charge on any atom is 0.411 e. The van der Waals surface area contributed by atoms with Crippen molar-refractivity contribution < 1.29 is 35.8 Å². The highest BCUT2D eigenvalue weighted by atomic mass is 19.4. The van der Waals surface area contributed by atoms with Crippen LogP contribution in [0.2, 0.25) is 0 Å². The highest BCUT2D eigenvalue weighted by molar-refractivity contribution is 5.60. The molecule has 0 aliphatic carbocycles. The summed E-state index contributed by atoms with van der Waals surface area (Å²) in [7, 11) is 0. The summed E-state index contributed by atoms with van der Waals surface area (Å²) in [6.07, 6.45) is -11.6. The lowest BCUT2D eigenvalue weighted by Gasteiger charge is -2.40. The van der Waals surface area contributed by atoms with Crippen LogP contribution in [0.5, 0.6) is 23.0 Å². The Labute approximate surface area is 210 Å². The van der Waals surface area contributed by atoms with Crippen molar-refractivity contribution in [2.45, 2.75) is 31.6 Å². The third-order valence-electron chi connectivity index (χ3n) is 6.01. The molecule has 4 aromatic carbocycles. The van der Waals surface area contributed by atoms with Gasteiger partial charge in [-0.25, -0.2) is 0 Å². The van der Waals surface area contributed by atoms with E-state index in [0.29, 0.717) is 0 Å². The van der Waals surface area contributed by atoms with Gasteiger partial charge < -0.3 is 9.47 Å². The first kappa shape index (κ1) is 26.1. The van der Waals surface area contributed by atoms with Crippen molar-refractivity contribution in [3.8, 4) is 23.0 Å². The molecule has 0 N–H and O–H groups in total. The summed E-state index contributed by atoms with van der Waals surface area (Å²) in [6, 6.07) is 22.1. The van der Waals surface area contributed by atoms with Crippen molar-refractivity contribution in [2.75, 3.05) is 0 Å². The molecular formula is C29H22F6O2. The minimum atomic E-state index is -5.82. The first-order chi connectivity index (χ1) is 17.5. The van der Waals surface area contributed by atoms with Crippen molar-refractivity contribution in [3.05, 3.63) is 119 Å². The van der Waals surface area contributed by atoms with Crippen LogP contribution >= 0.6 is 0 Å². The molecule has 4 aromatic rings. The summed E-state index contributed by atoms with van der Waals surface area (Å²) in [6.45, 7) is 2.80. The molecule has 0 saturated carbocycles. The lowest BCUT2D eigenvalue weighted by atomic mass is 9.71. The zero-order valence-corrected chi connectivity index (χ0v) is 19.8. The molecule has 192 valence electrons. The second-order valence-corrected chi connectivity index (χ2v) is 8.48. The van der Waals surface area contributed by atoms with Crippen molar-refractivity contribution in [1.29, 1.82) is 0 Å². The molecule has 4 rings (SSSR count). The summed E-state index contributed by atoms with van der Waals surface area (Å²) < 4.78 is 102. The van der Waals surface area contributed by atoms with E-state index in [4.69, 9.17) is 9.47 Å². The Balaban J connectivity index is 2.08. The SMILES string of the molecule is Cc1cccc(C(c2cccc(C)c2Oc2ccccc2)(C(F)(F)F)C(F)(F)F)c1Oc1ccccc1. The lowest BCUT2D eigenvalue weighted by molar-refractivity contribution is -0.289. The number of alkyl halides is 6. The Hall–Kier alpha value is -3.94. The average molecular weight is 516 g/mol. The van der Waals surface area contributed by atoms with E-state index in [9.17, 15) is 0 Å². The van der Waals surface area contributed by atoms with Crippen molar-refractivity contribution in [1.82, 2.24) is 0 Å². The molecule has 0 amide bonds. The summed E-state index contributed by atoms with van der Waals surface area (Å²) in [5, 5.41) is 0. The lowest BCUT2D eigenvalue weighted by Crippen LogP contribution is -2.55. The maximum atomic E-state index is 15.1. The van der Waals surface area contributed by atoms with E-state index in [-0.39, 0.29) is 22.6 Å². The molecular weight excluding hydrogens is 494 g/mol. The van der Waals surface area contributed by atoms with E-state index < -0.39 is 40.4 Å². The van der Waals surface area contributed by atoms with Crippen LogP contribution in [0.15, 0.2) is 97.1 Å². The largest absolute Gasteiger partial charge is 0.457 e. The first-order valence-corrected chi connectivity index (χ1v) is 11.3. The summed E-state index contributed by atoms with van der Waals surface area (Å²) in [5.74, 6) is -0.867. The molecule has 0 atom stereocenters. The summed E-state index contributed by atoms with van der Waals surface area (Å²) in [5.41, 5.74) is -6.42. The highest BCUT2D eigenvalue weighted by Gasteiger charge is 2.74. The molecule has 0 fully saturated rings. The quantitative estimate of drug-likeness (QED) is 0.238. The fourth-order valence-corrected chi connectivity index (χ4v) is 4.30. The standard InChI is InChI=1S/C29H22F6O2/c1-19-11-9-17-23(25(19)36-21-13-5-3-6-14-21)27(28(30,31)32,29(33,34)35)24-18-10-12-20(2)26(24)37-22-15-7-4-8-16-22/h3-18H,1-2H3. The molecule has 8 heteroatoms. The molecule has 0 aliphatic rings. The molecule has 0 aliphatic heterocycles. The second-order valence-electron chi connectivity index (χ2n) is 8.48. The molecule has 37 heavy (non-hydrogen) atoms. The van der Waals surface area contributed by atoms with Crippen molar-refractivity contribution >= 4 is 0 Å². The predicted octanol–water partition coefficient (Wildman–Crippen LogP) is 9.30. The van der Waals surface area contributed by atoms with Gasteiger partial charge in [0.25, 0.3) is 0 Å². The minimum Gasteiger partial charge on any atom is -0.457 e. The molecule has 0 aromatic heterocycles. The molecule has 2 nitrogen and oxygen atoms in total. The number of ether oxygens (including phenoxy) is 2. The van der Waals surface area contributed by atoms with Crippen LogP contribution in [-0.2, 0) is 5.41 Å². The van der Waals surface area contributed by atoms with Crippen LogP contribution in [0, 0.1) is 13.8 Å². The Kier molecular flexibility index (Phi) is 6.95. The topological polar surface area (TPSA) is 18.5 Å². The van der Waals surface area contributed by atoms with Crippen LogP contribution in [0.25, 0.3) is 0 Å².